The van der Waals surface area contributed by atoms with E-state index in [0.29, 0.717) is 29.8 Å². The normalized spacial score (nSPS) is 18.5. The molecule has 1 saturated heterocycles. The van der Waals surface area contributed by atoms with Gasteiger partial charge >= 0.3 is 0 Å². The van der Waals surface area contributed by atoms with E-state index in [1.807, 2.05) is 0 Å². The Bertz CT molecular complexity index is 685. The van der Waals surface area contributed by atoms with Gasteiger partial charge in [0.15, 0.2) is 5.82 Å². The highest BCUT2D eigenvalue weighted by atomic mass is 16.5. The van der Waals surface area contributed by atoms with Gasteiger partial charge in [0.05, 0.1) is 13.2 Å². The zero-order valence-electron chi connectivity index (χ0n) is 13.4. The number of nitrogens with zero attached hydrogens (tertiary/aromatic N) is 4. The van der Waals surface area contributed by atoms with Gasteiger partial charge < -0.3 is 14.2 Å². The maximum atomic E-state index is 12.9. The van der Waals surface area contributed by atoms with Gasteiger partial charge in [-0.2, -0.15) is 4.98 Å². The fraction of sp³-hybridized carbons (Fsp3) is 0.500. The SMILES string of the molecule is COc1cccc(C(=O)N2CCCCCC2c2noc(C)n2)n1. The zero-order chi connectivity index (χ0) is 16.2. The van der Waals surface area contributed by atoms with Crippen molar-refractivity contribution in [3.05, 3.63) is 35.6 Å². The molecular formula is C16H20N4O3. The monoisotopic (exact) mass is 316 g/mol. The van der Waals surface area contributed by atoms with E-state index in [4.69, 9.17) is 9.26 Å². The van der Waals surface area contributed by atoms with Crippen LogP contribution in [-0.4, -0.2) is 39.6 Å². The van der Waals surface area contributed by atoms with Crippen molar-refractivity contribution in [2.75, 3.05) is 13.7 Å². The molecule has 2 aromatic rings. The van der Waals surface area contributed by atoms with Gasteiger partial charge in [-0.15, -0.1) is 0 Å². The molecule has 7 heteroatoms. The summed E-state index contributed by atoms with van der Waals surface area (Å²) in [5, 5.41) is 4.02. The first-order valence-electron chi connectivity index (χ1n) is 7.81. The van der Waals surface area contributed by atoms with Crippen molar-refractivity contribution < 1.29 is 14.1 Å². The van der Waals surface area contributed by atoms with Crippen LogP contribution < -0.4 is 4.74 Å². The Morgan fingerprint density at radius 2 is 2.17 bits per heavy atom. The van der Waals surface area contributed by atoms with Crippen LogP contribution in [0.5, 0.6) is 5.88 Å². The van der Waals surface area contributed by atoms with Crippen molar-refractivity contribution in [1.29, 1.82) is 0 Å². The Kier molecular flexibility index (Phi) is 4.55. The maximum absolute atomic E-state index is 12.9. The second kappa shape index (κ2) is 6.76. The summed E-state index contributed by atoms with van der Waals surface area (Å²) in [6, 6.07) is 5.02. The van der Waals surface area contributed by atoms with Crippen LogP contribution in [0.3, 0.4) is 0 Å². The molecule has 2 aromatic heterocycles. The zero-order valence-corrected chi connectivity index (χ0v) is 13.4. The lowest BCUT2D eigenvalue weighted by molar-refractivity contribution is 0.0663. The highest BCUT2D eigenvalue weighted by Crippen LogP contribution is 2.29. The second-order valence-electron chi connectivity index (χ2n) is 5.60. The molecule has 1 aliphatic rings. The van der Waals surface area contributed by atoms with Crippen LogP contribution in [0.2, 0.25) is 0 Å². The summed E-state index contributed by atoms with van der Waals surface area (Å²) in [6.07, 6.45) is 3.91. The van der Waals surface area contributed by atoms with Crippen molar-refractivity contribution in [2.24, 2.45) is 0 Å². The Balaban J connectivity index is 1.90. The quantitative estimate of drug-likeness (QED) is 0.865. The Morgan fingerprint density at radius 1 is 1.30 bits per heavy atom. The standard InChI is InChI=1S/C16H20N4O3/c1-11-17-15(19-23-11)13-8-4-3-5-10-20(13)16(21)12-7-6-9-14(18-12)22-2/h6-7,9,13H,3-5,8,10H2,1-2H3. The van der Waals surface area contributed by atoms with Gasteiger partial charge in [0.25, 0.3) is 5.91 Å². The molecule has 0 N–H and O–H groups in total. The lowest BCUT2D eigenvalue weighted by atomic mass is 10.1. The molecule has 1 unspecified atom stereocenters. The fourth-order valence-electron chi connectivity index (χ4n) is 2.86. The summed E-state index contributed by atoms with van der Waals surface area (Å²) in [5.41, 5.74) is 0.372. The lowest BCUT2D eigenvalue weighted by Gasteiger charge is -2.27. The number of likely N-dealkylation sites (tertiary alicyclic amines) is 1. The van der Waals surface area contributed by atoms with Crippen LogP contribution in [-0.2, 0) is 0 Å². The highest BCUT2D eigenvalue weighted by molar-refractivity contribution is 5.92. The van der Waals surface area contributed by atoms with E-state index in [0.717, 1.165) is 25.7 Å². The topological polar surface area (TPSA) is 81.4 Å². The number of aromatic nitrogens is 3. The van der Waals surface area contributed by atoms with E-state index in [-0.39, 0.29) is 11.9 Å². The number of methoxy groups -OCH3 is 1. The van der Waals surface area contributed by atoms with Crippen molar-refractivity contribution in [1.82, 2.24) is 20.0 Å². The molecule has 0 radical (unpaired) electrons. The highest BCUT2D eigenvalue weighted by Gasteiger charge is 2.31. The second-order valence-corrected chi connectivity index (χ2v) is 5.60. The van der Waals surface area contributed by atoms with E-state index >= 15 is 0 Å². The van der Waals surface area contributed by atoms with E-state index in [2.05, 4.69) is 15.1 Å². The Hall–Kier alpha value is -2.44. The molecule has 122 valence electrons. The molecule has 23 heavy (non-hydrogen) atoms. The van der Waals surface area contributed by atoms with Crippen LogP contribution in [0.1, 0.15) is 53.9 Å². The number of carbonyl (C=O) groups is 1. The number of amides is 1. The molecule has 3 rings (SSSR count). The van der Waals surface area contributed by atoms with Crippen LogP contribution in [0, 0.1) is 6.92 Å². The van der Waals surface area contributed by atoms with E-state index in [1.54, 1.807) is 30.0 Å². The molecule has 7 nitrogen and oxygen atoms in total. The first-order valence-corrected chi connectivity index (χ1v) is 7.81. The van der Waals surface area contributed by atoms with E-state index in [1.165, 1.54) is 7.11 Å². The van der Waals surface area contributed by atoms with Crippen LogP contribution in [0.4, 0.5) is 0 Å². The van der Waals surface area contributed by atoms with Gasteiger partial charge in [0.1, 0.15) is 5.69 Å². The third kappa shape index (κ3) is 3.33. The average Bonchev–Trinajstić information content (AvgIpc) is 2.86. The molecule has 0 aromatic carbocycles. The molecule has 3 heterocycles. The van der Waals surface area contributed by atoms with Crippen molar-refractivity contribution in [2.45, 2.75) is 38.6 Å². The molecule has 0 spiro atoms. The molecule has 0 bridgehead atoms. The number of carbonyl (C=O) groups excluding carboxylic acids is 1. The number of rotatable bonds is 3. The number of aryl methyl sites for hydroxylation is 1. The molecule has 1 fully saturated rings. The van der Waals surface area contributed by atoms with Gasteiger partial charge in [-0.05, 0) is 18.9 Å². The molecule has 0 aliphatic carbocycles. The molecule has 1 aliphatic heterocycles. The Morgan fingerprint density at radius 3 is 2.91 bits per heavy atom. The minimum Gasteiger partial charge on any atom is -0.481 e. The van der Waals surface area contributed by atoms with Crippen LogP contribution >= 0.6 is 0 Å². The third-order valence-electron chi connectivity index (χ3n) is 4.01. The smallest absolute Gasteiger partial charge is 0.273 e. The number of hydrogen-bond donors (Lipinski definition) is 0. The summed E-state index contributed by atoms with van der Waals surface area (Å²) in [5.74, 6) is 1.38. The Labute approximate surface area is 134 Å². The van der Waals surface area contributed by atoms with E-state index < -0.39 is 0 Å². The number of pyridine rings is 1. The molecular weight excluding hydrogens is 296 g/mol. The molecule has 1 atom stereocenters. The fourth-order valence-corrected chi connectivity index (χ4v) is 2.86. The third-order valence-corrected chi connectivity index (χ3v) is 4.01. The first kappa shape index (κ1) is 15.5. The van der Waals surface area contributed by atoms with Crippen molar-refractivity contribution in [3.63, 3.8) is 0 Å². The number of ether oxygens (including phenoxy) is 1. The van der Waals surface area contributed by atoms with Gasteiger partial charge in [0, 0.05) is 19.5 Å². The van der Waals surface area contributed by atoms with E-state index in [9.17, 15) is 4.79 Å². The van der Waals surface area contributed by atoms with Crippen molar-refractivity contribution in [3.8, 4) is 5.88 Å². The van der Waals surface area contributed by atoms with Gasteiger partial charge in [-0.3, -0.25) is 4.79 Å². The van der Waals surface area contributed by atoms with Gasteiger partial charge in [-0.25, -0.2) is 4.98 Å². The predicted molar refractivity (Wildman–Crippen MR) is 82.1 cm³/mol. The van der Waals surface area contributed by atoms with Crippen molar-refractivity contribution >= 4 is 5.91 Å². The number of hydrogen-bond acceptors (Lipinski definition) is 6. The first-order chi connectivity index (χ1) is 11.2. The molecule has 0 saturated carbocycles. The summed E-state index contributed by atoms with van der Waals surface area (Å²) in [7, 11) is 1.54. The summed E-state index contributed by atoms with van der Waals surface area (Å²) in [6.45, 7) is 2.42. The predicted octanol–water partition coefficient (Wildman–Crippen LogP) is 2.54. The van der Waals surface area contributed by atoms with Gasteiger partial charge in [-0.1, -0.05) is 24.1 Å². The lowest BCUT2D eigenvalue weighted by Crippen LogP contribution is -2.35. The van der Waals surface area contributed by atoms with Crippen LogP contribution in [0.15, 0.2) is 22.7 Å². The minimum absolute atomic E-state index is 0.127. The summed E-state index contributed by atoms with van der Waals surface area (Å²) < 4.78 is 10.2. The maximum Gasteiger partial charge on any atom is 0.273 e. The average molecular weight is 316 g/mol. The summed E-state index contributed by atoms with van der Waals surface area (Å²) in [4.78, 5) is 23.3. The largest absolute Gasteiger partial charge is 0.481 e. The van der Waals surface area contributed by atoms with Crippen LogP contribution in [0.25, 0.3) is 0 Å². The summed E-state index contributed by atoms with van der Waals surface area (Å²) >= 11 is 0. The van der Waals surface area contributed by atoms with Gasteiger partial charge in [0.2, 0.25) is 11.8 Å². The molecule has 1 amide bonds. The minimum atomic E-state index is -0.171.